The lowest BCUT2D eigenvalue weighted by atomic mass is 10.1. The summed E-state index contributed by atoms with van der Waals surface area (Å²) in [5.41, 5.74) is 0. The highest BCUT2D eigenvalue weighted by Gasteiger charge is 2.23. The lowest BCUT2D eigenvalue weighted by Gasteiger charge is -2.23. The molecule has 1 aromatic rings. The summed E-state index contributed by atoms with van der Waals surface area (Å²) in [7, 11) is -3.72. The molecule has 134 valence electrons. The van der Waals surface area contributed by atoms with Gasteiger partial charge in [-0.05, 0) is 50.6 Å². The Labute approximate surface area is 141 Å². The molecule has 1 atom stereocenters. The van der Waals surface area contributed by atoms with Gasteiger partial charge in [0.1, 0.15) is 0 Å². The molecule has 3 rings (SSSR count). The Morgan fingerprint density at radius 1 is 1.29 bits per heavy atom. The molecule has 0 bridgehead atoms. The first kappa shape index (κ1) is 17.6. The Balaban J connectivity index is 1.63. The summed E-state index contributed by atoms with van der Waals surface area (Å²) in [6.45, 7) is 3.25. The van der Waals surface area contributed by atoms with Crippen molar-refractivity contribution in [2.75, 3.05) is 32.9 Å². The van der Waals surface area contributed by atoms with Crippen molar-refractivity contribution < 1.29 is 22.3 Å². The highest BCUT2D eigenvalue weighted by molar-refractivity contribution is 7.89. The molecule has 24 heavy (non-hydrogen) atoms. The van der Waals surface area contributed by atoms with E-state index in [0.717, 1.165) is 38.4 Å². The van der Waals surface area contributed by atoms with Crippen LogP contribution in [0.2, 0.25) is 0 Å². The molecule has 2 aliphatic heterocycles. The summed E-state index contributed by atoms with van der Waals surface area (Å²) < 4.78 is 52.3. The molecule has 0 amide bonds. The van der Waals surface area contributed by atoms with Crippen molar-refractivity contribution in [3.8, 4) is 5.75 Å². The summed E-state index contributed by atoms with van der Waals surface area (Å²) in [5.74, 6) is -0.334. The van der Waals surface area contributed by atoms with E-state index < -0.39 is 15.8 Å². The maximum atomic E-state index is 14.2. The van der Waals surface area contributed by atoms with Crippen LogP contribution < -0.4 is 14.8 Å². The third-order valence-corrected chi connectivity index (χ3v) is 5.89. The lowest BCUT2D eigenvalue weighted by Crippen LogP contribution is -2.42. The molecule has 1 unspecified atom stereocenters. The van der Waals surface area contributed by atoms with Crippen LogP contribution in [0.5, 0.6) is 5.75 Å². The van der Waals surface area contributed by atoms with Gasteiger partial charge in [-0.25, -0.2) is 17.5 Å². The minimum absolute atomic E-state index is 0.0720. The van der Waals surface area contributed by atoms with E-state index in [1.807, 2.05) is 0 Å². The first-order valence-electron chi connectivity index (χ1n) is 8.28. The number of rotatable bonds is 6. The van der Waals surface area contributed by atoms with Crippen molar-refractivity contribution in [2.45, 2.75) is 30.2 Å². The Hall–Kier alpha value is -1.22. The molecule has 6 nitrogen and oxygen atoms in total. The molecule has 0 aromatic heterocycles. The zero-order chi connectivity index (χ0) is 17.0. The van der Waals surface area contributed by atoms with Gasteiger partial charge >= 0.3 is 0 Å². The Kier molecular flexibility index (Phi) is 5.70. The Morgan fingerprint density at radius 3 is 2.75 bits per heavy atom. The van der Waals surface area contributed by atoms with Crippen molar-refractivity contribution in [2.24, 2.45) is 5.92 Å². The lowest BCUT2D eigenvalue weighted by molar-refractivity contribution is 0.165. The highest BCUT2D eigenvalue weighted by Crippen LogP contribution is 2.23. The highest BCUT2D eigenvalue weighted by atomic mass is 32.2. The van der Waals surface area contributed by atoms with Crippen LogP contribution in [0.25, 0.3) is 0 Å². The molecule has 2 saturated heterocycles. The maximum absolute atomic E-state index is 14.2. The predicted molar refractivity (Wildman–Crippen MR) is 87.0 cm³/mol. The second kappa shape index (κ2) is 7.77. The molecule has 0 spiro atoms. The van der Waals surface area contributed by atoms with E-state index >= 15 is 0 Å². The molecule has 2 aliphatic rings. The average molecular weight is 358 g/mol. The van der Waals surface area contributed by atoms with Crippen LogP contribution in [-0.4, -0.2) is 47.4 Å². The summed E-state index contributed by atoms with van der Waals surface area (Å²) >= 11 is 0. The van der Waals surface area contributed by atoms with Crippen LogP contribution in [-0.2, 0) is 14.8 Å². The minimum atomic E-state index is -3.72. The quantitative estimate of drug-likeness (QED) is 0.801. The zero-order valence-electron chi connectivity index (χ0n) is 13.5. The molecular weight excluding hydrogens is 335 g/mol. The van der Waals surface area contributed by atoms with E-state index in [2.05, 4.69) is 10.0 Å². The molecule has 8 heteroatoms. The topological polar surface area (TPSA) is 76.7 Å². The van der Waals surface area contributed by atoms with Crippen LogP contribution in [0.15, 0.2) is 23.1 Å². The van der Waals surface area contributed by atoms with Gasteiger partial charge in [0.2, 0.25) is 10.0 Å². The Bertz CT molecular complexity index is 656. The molecular formula is C16H23FN2O4S. The van der Waals surface area contributed by atoms with Crippen molar-refractivity contribution >= 4 is 10.0 Å². The summed E-state index contributed by atoms with van der Waals surface area (Å²) in [4.78, 5) is -0.0740. The molecule has 0 radical (unpaired) electrons. The van der Waals surface area contributed by atoms with Gasteiger partial charge in [0.15, 0.2) is 11.6 Å². The SMILES string of the molecule is O=S(=O)(NC1CCNCC1)c1ccc(OCC2CCOC2)c(F)c1. The molecule has 2 fully saturated rings. The third-order valence-electron chi connectivity index (χ3n) is 4.37. The maximum Gasteiger partial charge on any atom is 0.240 e. The van der Waals surface area contributed by atoms with Crippen molar-refractivity contribution in [1.29, 1.82) is 0 Å². The van der Waals surface area contributed by atoms with Crippen molar-refractivity contribution in [3.05, 3.63) is 24.0 Å². The average Bonchev–Trinajstić information content (AvgIpc) is 3.07. The van der Waals surface area contributed by atoms with Gasteiger partial charge in [-0.2, -0.15) is 0 Å². The second-order valence-electron chi connectivity index (χ2n) is 6.28. The van der Waals surface area contributed by atoms with E-state index in [0.29, 0.717) is 19.8 Å². The van der Waals surface area contributed by atoms with Gasteiger partial charge in [0, 0.05) is 18.6 Å². The van der Waals surface area contributed by atoms with E-state index in [4.69, 9.17) is 9.47 Å². The van der Waals surface area contributed by atoms with Crippen LogP contribution in [0.4, 0.5) is 4.39 Å². The van der Waals surface area contributed by atoms with Crippen LogP contribution in [0, 0.1) is 11.7 Å². The van der Waals surface area contributed by atoms with Crippen molar-refractivity contribution in [1.82, 2.24) is 10.0 Å². The summed E-state index contributed by atoms with van der Waals surface area (Å²) in [6, 6.07) is 3.66. The fraction of sp³-hybridized carbons (Fsp3) is 0.625. The van der Waals surface area contributed by atoms with Crippen LogP contribution >= 0.6 is 0 Å². The molecule has 1 aromatic carbocycles. The largest absolute Gasteiger partial charge is 0.490 e. The minimum Gasteiger partial charge on any atom is -0.490 e. The number of benzene rings is 1. The number of halogens is 1. The smallest absolute Gasteiger partial charge is 0.240 e. The van der Waals surface area contributed by atoms with Gasteiger partial charge in [-0.15, -0.1) is 0 Å². The first-order valence-corrected chi connectivity index (χ1v) is 9.76. The number of piperidine rings is 1. The van der Waals surface area contributed by atoms with E-state index in [1.165, 1.54) is 12.1 Å². The third kappa shape index (κ3) is 4.44. The van der Waals surface area contributed by atoms with Crippen LogP contribution in [0.3, 0.4) is 0 Å². The van der Waals surface area contributed by atoms with Gasteiger partial charge in [-0.1, -0.05) is 0 Å². The van der Waals surface area contributed by atoms with Crippen molar-refractivity contribution in [3.63, 3.8) is 0 Å². The number of nitrogens with one attached hydrogen (secondary N) is 2. The van der Waals surface area contributed by atoms with Gasteiger partial charge < -0.3 is 14.8 Å². The van der Waals surface area contributed by atoms with E-state index in [9.17, 15) is 12.8 Å². The van der Waals surface area contributed by atoms with E-state index in [-0.39, 0.29) is 22.6 Å². The van der Waals surface area contributed by atoms with Crippen LogP contribution in [0.1, 0.15) is 19.3 Å². The molecule has 0 saturated carbocycles. The summed E-state index contributed by atoms with van der Waals surface area (Å²) in [6.07, 6.45) is 2.35. The molecule has 0 aliphatic carbocycles. The molecule has 2 heterocycles. The van der Waals surface area contributed by atoms with Gasteiger partial charge in [0.25, 0.3) is 0 Å². The fourth-order valence-electron chi connectivity index (χ4n) is 2.92. The second-order valence-corrected chi connectivity index (χ2v) is 7.99. The van der Waals surface area contributed by atoms with Gasteiger partial charge in [-0.3, -0.25) is 0 Å². The van der Waals surface area contributed by atoms with Gasteiger partial charge in [0.05, 0.1) is 18.1 Å². The number of sulfonamides is 1. The Morgan fingerprint density at radius 2 is 2.08 bits per heavy atom. The predicted octanol–water partition coefficient (Wildman–Crippen LogP) is 1.27. The fourth-order valence-corrected chi connectivity index (χ4v) is 4.23. The number of ether oxygens (including phenoxy) is 2. The van der Waals surface area contributed by atoms with E-state index in [1.54, 1.807) is 0 Å². The zero-order valence-corrected chi connectivity index (χ0v) is 14.3. The monoisotopic (exact) mass is 358 g/mol. The number of hydrogen-bond donors (Lipinski definition) is 2. The normalized spacial score (nSPS) is 22.6. The summed E-state index contributed by atoms with van der Waals surface area (Å²) in [5, 5.41) is 3.17. The number of hydrogen-bond acceptors (Lipinski definition) is 5. The first-order chi connectivity index (χ1) is 11.5. The standard InChI is InChI=1S/C16H23FN2O4S/c17-15-9-14(24(20,21)19-13-3-6-18-7-4-13)1-2-16(15)23-11-12-5-8-22-10-12/h1-2,9,12-13,18-19H,3-8,10-11H2. The molecule has 2 N–H and O–H groups in total.